The van der Waals surface area contributed by atoms with Crippen molar-refractivity contribution in [2.75, 3.05) is 32.0 Å². The summed E-state index contributed by atoms with van der Waals surface area (Å²) in [6, 6.07) is 4.64. The molecule has 3 rings (SSSR count). The van der Waals surface area contributed by atoms with Gasteiger partial charge in [-0.05, 0) is 62.5 Å². The second kappa shape index (κ2) is 4.02. The molecule has 2 heterocycles. The van der Waals surface area contributed by atoms with Crippen LogP contribution in [0.15, 0.2) is 12.1 Å². The summed E-state index contributed by atoms with van der Waals surface area (Å²) < 4.78 is 0. The Bertz CT molecular complexity index is 439. The number of hydrogen-bond acceptors (Lipinski definition) is 2. The Morgan fingerprint density at radius 2 is 2.12 bits per heavy atom. The smallest absolute Gasteiger partial charge is 0.0381 e. The molecule has 0 aromatic heterocycles. The van der Waals surface area contributed by atoms with Crippen molar-refractivity contribution in [2.24, 2.45) is 5.92 Å². The standard InChI is InChI=1S/C15H22N2/c1-10-6-11(2)15-13-9-17(3)5-4-12(13)8-16-14(15)7-10/h6-7,12-13,16H,4-5,8-9H2,1-3H3. The second-order valence-corrected chi connectivity index (χ2v) is 5.84. The molecule has 0 aliphatic carbocycles. The van der Waals surface area contributed by atoms with E-state index >= 15 is 0 Å². The van der Waals surface area contributed by atoms with Gasteiger partial charge in [-0.2, -0.15) is 0 Å². The number of aryl methyl sites for hydroxylation is 2. The van der Waals surface area contributed by atoms with Crippen molar-refractivity contribution in [1.82, 2.24) is 4.90 Å². The maximum Gasteiger partial charge on any atom is 0.0381 e. The van der Waals surface area contributed by atoms with Gasteiger partial charge >= 0.3 is 0 Å². The quantitative estimate of drug-likeness (QED) is 0.737. The Hall–Kier alpha value is -1.02. The first-order chi connectivity index (χ1) is 8.15. The van der Waals surface area contributed by atoms with E-state index in [4.69, 9.17) is 0 Å². The Morgan fingerprint density at radius 3 is 2.94 bits per heavy atom. The molecular formula is C15H22N2. The van der Waals surface area contributed by atoms with Crippen LogP contribution >= 0.6 is 0 Å². The molecule has 17 heavy (non-hydrogen) atoms. The van der Waals surface area contributed by atoms with E-state index in [0.717, 1.165) is 18.4 Å². The molecule has 1 fully saturated rings. The first-order valence-corrected chi connectivity index (χ1v) is 6.68. The summed E-state index contributed by atoms with van der Waals surface area (Å²) >= 11 is 0. The molecule has 92 valence electrons. The molecule has 1 aromatic rings. The SMILES string of the molecule is Cc1cc(C)c2c(c1)NCC1CCN(C)CC21. The Labute approximate surface area is 104 Å². The molecule has 1 N–H and O–H groups in total. The number of piperidine rings is 1. The fraction of sp³-hybridized carbons (Fsp3) is 0.600. The van der Waals surface area contributed by atoms with Crippen molar-refractivity contribution >= 4 is 5.69 Å². The second-order valence-electron chi connectivity index (χ2n) is 5.84. The normalized spacial score (nSPS) is 28.2. The lowest BCUT2D eigenvalue weighted by Gasteiger charge is -2.42. The number of likely N-dealkylation sites (N-methyl/N-ethyl adjacent to an activating group) is 1. The average molecular weight is 230 g/mol. The number of rotatable bonds is 0. The van der Waals surface area contributed by atoms with Crippen LogP contribution in [0.1, 0.15) is 29.0 Å². The third kappa shape index (κ3) is 1.85. The number of anilines is 1. The molecule has 0 bridgehead atoms. The molecule has 2 aliphatic heterocycles. The van der Waals surface area contributed by atoms with Gasteiger partial charge in [-0.15, -0.1) is 0 Å². The van der Waals surface area contributed by atoms with Crippen molar-refractivity contribution in [3.05, 3.63) is 28.8 Å². The molecule has 2 atom stereocenters. The third-order valence-electron chi connectivity index (χ3n) is 4.42. The monoisotopic (exact) mass is 230 g/mol. The summed E-state index contributed by atoms with van der Waals surface area (Å²) in [5.41, 5.74) is 5.81. The van der Waals surface area contributed by atoms with E-state index in [1.807, 2.05) is 0 Å². The molecule has 1 saturated heterocycles. The molecular weight excluding hydrogens is 208 g/mol. The van der Waals surface area contributed by atoms with Gasteiger partial charge in [-0.1, -0.05) is 6.07 Å². The highest BCUT2D eigenvalue weighted by Crippen LogP contribution is 2.41. The largest absolute Gasteiger partial charge is 0.384 e. The van der Waals surface area contributed by atoms with Crippen LogP contribution in [-0.2, 0) is 0 Å². The molecule has 2 heteroatoms. The van der Waals surface area contributed by atoms with Crippen molar-refractivity contribution < 1.29 is 0 Å². The van der Waals surface area contributed by atoms with E-state index in [0.29, 0.717) is 0 Å². The maximum atomic E-state index is 3.64. The van der Waals surface area contributed by atoms with Gasteiger partial charge in [0.05, 0.1) is 0 Å². The predicted molar refractivity (Wildman–Crippen MR) is 72.8 cm³/mol. The minimum Gasteiger partial charge on any atom is -0.384 e. The fourth-order valence-corrected chi connectivity index (χ4v) is 3.59. The number of benzene rings is 1. The van der Waals surface area contributed by atoms with E-state index in [1.165, 1.54) is 36.3 Å². The van der Waals surface area contributed by atoms with Gasteiger partial charge < -0.3 is 10.2 Å². The number of nitrogens with zero attached hydrogens (tertiary/aromatic N) is 1. The number of likely N-dealkylation sites (tertiary alicyclic amines) is 1. The zero-order valence-corrected chi connectivity index (χ0v) is 11.1. The van der Waals surface area contributed by atoms with E-state index in [-0.39, 0.29) is 0 Å². The van der Waals surface area contributed by atoms with Crippen LogP contribution in [0.2, 0.25) is 0 Å². The topological polar surface area (TPSA) is 15.3 Å². The highest BCUT2D eigenvalue weighted by molar-refractivity contribution is 5.60. The van der Waals surface area contributed by atoms with Crippen LogP contribution in [0.5, 0.6) is 0 Å². The van der Waals surface area contributed by atoms with Crippen LogP contribution in [0.4, 0.5) is 5.69 Å². The summed E-state index contributed by atoms with van der Waals surface area (Å²) in [7, 11) is 2.25. The minimum atomic E-state index is 0.741. The number of nitrogens with one attached hydrogen (secondary N) is 1. The molecule has 1 aromatic carbocycles. The lowest BCUT2D eigenvalue weighted by atomic mass is 9.76. The highest BCUT2D eigenvalue weighted by Gasteiger charge is 2.34. The summed E-state index contributed by atoms with van der Waals surface area (Å²) in [5.74, 6) is 1.57. The van der Waals surface area contributed by atoms with Crippen molar-refractivity contribution in [3.63, 3.8) is 0 Å². The molecule has 2 aliphatic rings. The van der Waals surface area contributed by atoms with Gasteiger partial charge in [-0.25, -0.2) is 0 Å². The zero-order valence-electron chi connectivity index (χ0n) is 11.1. The zero-order chi connectivity index (χ0) is 12.0. The van der Waals surface area contributed by atoms with Gasteiger partial charge in [0.2, 0.25) is 0 Å². The molecule has 0 spiro atoms. The van der Waals surface area contributed by atoms with Gasteiger partial charge in [-0.3, -0.25) is 0 Å². The van der Waals surface area contributed by atoms with Crippen LogP contribution in [0.25, 0.3) is 0 Å². The fourth-order valence-electron chi connectivity index (χ4n) is 3.59. The van der Waals surface area contributed by atoms with E-state index in [1.54, 1.807) is 5.56 Å². The summed E-state index contributed by atoms with van der Waals surface area (Å²) in [4.78, 5) is 2.48. The van der Waals surface area contributed by atoms with Crippen molar-refractivity contribution in [3.8, 4) is 0 Å². The molecule has 2 unspecified atom stereocenters. The van der Waals surface area contributed by atoms with Gasteiger partial charge in [0.1, 0.15) is 0 Å². The molecule has 0 amide bonds. The molecule has 2 nitrogen and oxygen atoms in total. The van der Waals surface area contributed by atoms with Crippen LogP contribution in [-0.4, -0.2) is 31.6 Å². The summed E-state index contributed by atoms with van der Waals surface area (Å²) in [6.45, 7) is 8.10. The van der Waals surface area contributed by atoms with Gasteiger partial charge in [0.15, 0.2) is 0 Å². The van der Waals surface area contributed by atoms with E-state index in [2.05, 4.69) is 43.2 Å². The predicted octanol–water partition coefficient (Wildman–Crippen LogP) is 2.76. The van der Waals surface area contributed by atoms with Gasteiger partial charge in [0.25, 0.3) is 0 Å². The number of hydrogen-bond donors (Lipinski definition) is 1. The van der Waals surface area contributed by atoms with Crippen LogP contribution in [0.3, 0.4) is 0 Å². The van der Waals surface area contributed by atoms with Crippen LogP contribution in [0, 0.1) is 19.8 Å². The highest BCUT2D eigenvalue weighted by atomic mass is 15.1. The van der Waals surface area contributed by atoms with Gasteiger partial charge in [0, 0.05) is 24.7 Å². The van der Waals surface area contributed by atoms with Crippen molar-refractivity contribution in [1.29, 1.82) is 0 Å². The third-order valence-corrected chi connectivity index (χ3v) is 4.42. The Kier molecular flexibility index (Phi) is 2.62. The summed E-state index contributed by atoms with van der Waals surface area (Å²) in [5, 5.41) is 3.64. The van der Waals surface area contributed by atoms with E-state index in [9.17, 15) is 0 Å². The molecule has 0 radical (unpaired) electrons. The molecule has 0 saturated carbocycles. The van der Waals surface area contributed by atoms with Crippen molar-refractivity contribution in [2.45, 2.75) is 26.2 Å². The lowest BCUT2D eigenvalue weighted by molar-refractivity contribution is 0.191. The minimum absolute atomic E-state index is 0.741. The Balaban J connectivity index is 2.04. The Morgan fingerprint density at radius 1 is 1.29 bits per heavy atom. The van der Waals surface area contributed by atoms with E-state index < -0.39 is 0 Å². The number of fused-ring (bicyclic) bond motifs is 3. The average Bonchev–Trinajstić information content (AvgIpc) is 2.27. The lowest BCUT2D eigenvalue weighted by Crippen LogP contribution is -2.42. The van der Waals surface area contributed by atoms with Crippen LogP contribution < -0.4 is 5.32 Å². The maximum absolute atomic E-state index is 3.64. The summed E-state index contributed by atoms with van der Waals surface area (Å²) in [6.07, 6.45) is 1.33. The first kappa shape index (κ1) is 11.1. The first-order valence-electron chi connectivity index (χ1n) is 6.68.